The van der Waals surface area contributed by atoms with Crippen LogP contribution in [0.15, 0.2) is 41.1 Å². The Labute approximate surface area is 73.6 Å². The van der Waals surface area contributed by atoms with E-state index >= 15 is 0 Å². The average Bonchev–Trinajstić information content (AvgIpc) is 1.96. The Morgan fingerprint density at radius 2 is 2.00 bits per heavy atom. The quantitative estimate of drug-likeness (QED) is 0.538. The van der Waals surface area contributed by atoms with Crippen LogP contribution in [0, 0.1) is 0 Å². The van der Waals surface area contributed by atoms with Crippen molar-refractivity contribution in [3.63, 3.8) is 0 Å². The molecule has 1 aliphatic carbocycles. The normalized spacial score (nSPS) is 19.8. The van der Waals surface area contributed by atoms with Crippen LogP contribution in [0.4, 0.5) is 0 Å². The summed E-state index contributed by atoms with van der Waals surface area (Å²) in [6.07, 6.45) is 6.05. The maximum Gasteiger partial charge on any atom is 0.0900 e. The summed E-state index contributed by atoms with van der Waals surface area (Å²) in [5, 5.41) is 6.07. The first-order chi connectivity index (χ1) is 5.59. The fraction of sp³-hybridized carbons (Fsp3) is 0.300. The topological polar surface area (TPSA) is 15.6 Å². The van der Waals surface area contributed by atoms with Crippen molar-refractivity contribution < 1.29 is 0 Å². The van der Waals surface area contributed by atoms with Crippen molar-refractivity contribution in [2.24, 2.45) is 5.10 Å². The lowest BCUT2D eigenvalue weighted by Gasteiger charge is -2.11. The third-order valence-electron chi connectivity index (χ3n) is 1.55. The van der Waals surface area contributed by atoms with E-state index in [1.165, 1.54) is 5.57 Å². The van der Waals surface area contributed by atoms with Gasteiger partial charge in [0.1, 0.15) is 0 Å². The summed E-state index contributed by atoms with van der Waals surface area (Å²) >= 11 is 0. The molecule has 1 aliphatic rings. The first kappa shape index (κ1) is 8.78. The van der Waals surface area contributed by atoms with Crippen LogP contribution < -0.4 is 0 Å². The van der Waals surface area contributed by atoms with Gasteiger partial charge in [0.15, 0.2) is 0 Å². The zero-order valence-electron chi connectivity index (χ0n) is 7.83. The molecule has 2 nitrogen and oxygen atoms in total. The minimum atomic E-state index is 0.944. The highest BCUT2D eigenvalue weighted by Crippen LogP contribution is 2.11. The summed E-state index contributed by atoms with van der Waals surface area (Å²) in [5.41, 5.74) is 3.12. The Balaban J connectivity index is 2.92. The van der Waals surface area contributed by atoms with Crippen LogP contribution in [0.3, 0.4) is 0 Å². The van der Waals surface area contributed by atoms with Crippen molar-refractivity contribution >= 4 is 5.71 Å². The molecular formula is C10H14N2. The fourth-order valence-corrected chi connectivity index (χ4v) is 0.982. The Morgan fingerprint density at radius 1 is 1.33 bits per heavy atom. The van der Waals surface area contributed by atoms with Crippen molar-refractivity contribution in [3.05, 3.63) is 36.0 Å². The molecule has 0 N–H and O–H groups in total. The number of rotatable bonds is 1. The molecule has 0 aliphatic heterocycles. The van der Waals surface area contributed by atoms with Gasteiger partial charge in [-0.05, 0) is 24.1 Å². The monoisotopic (exact) mass is 162 g/mol. The Hall–Kier alpha value is -1.31. The molecule has 0 saturated heterocycles. The van der Waals surface area contributed by atoms with Gasteiger partial charge in [-0.3, -0.25) is 0 Å². The maximum absolute atomic E-state index is 4.29. The van der Waals surface area contributed by atoms with Gasteiger partial charge >= 0.3 is 0 Å². The van der Waals surface area contributed by atoms with Crippen molar-refractivity contribution in [1.82, 2.24) is 5.01 Å². The molecule has 2 heteroatoms. The van der Waals surface area contributed by atoms with Crippen LogP contribution in [0.25, 0.3) is 0 Å². The lowest BCUT2D eigenvalue weighted by molar-refractivity contribution is 0.438. The molecule has 0 amide bonds. The SMILES string of the molecule is C=C1C=CC(C)=C/C1=N/N(C)C. The van der Waals surface area contributed by atoms with Crippen LogP contribution in [0.1, 0.15) is 6.92 Å². The molecule has 1 rings (SSSR count). The first-order valence-corrected chi connectivity index (χ1v) is 3.91. The van der Waals surface area contributed by atoms with E-state index < -0.39 is 0 Å². The van der Waals surface area contributed by atoms with Gasteiger partial charge in [-0.2, -0.15) is 5.10 Å². The third-order valence-corrected chi connectivity index (χ3v) is 1.55. The third kappa shape index (κ3) is 2.09. The number of allylic oxidation sites excluding steroid dienone is 5. The number of hydrogen-bond donors (Lipinski definition) is 0. The highest BCUT2D eigenvalue weighted by molar-refractivity contribution is 6.11. The minimum absolute atomic E-state index is 0.944. The van der Waals surface area contributed by atoms with E-state index in [4.69, 9.17) is 0 Å². The standard InChI is InChI=1S/C10H14N2/c1-8-5-6-9(2)10(7-8)11-12(3)4/h5-7H,2H2,1,3-4H3/b11-10-. The van der Waals surface area contributed by atoms with E-state index in [-0.39, 0.29) is 0 Å². The largest absolute Gasteiger partial charge is 0.303 e. The second-order valence-electron chi connectivity index (χ2n) is 3.08. The Bertz CT molecular complexity index is 280. The van der Waals surface area contributed by atoms with Gasteiger partial charge < -0.3 is 5.01 Å². The number of nitrogens with zero attached hydrogens (tertiary/aromatic N) is 2. The second kappa shape index (κ2) is 3.39. The lowest BCUT2D eigenvalue weighted by Crippen LogP contribution is -2.09. The van der Waals surface area contributed by atoms with Gasteiger partial charge in [0.05, 0.1) is 5.71 Å². The molecule has 0 aromatic rings. The predicted molar refractivity (Wildman–Crippen MR) is 53.2 cm³/mol. The molecule has 0 spiro atoms. The summed E-state index contributed by atoms with van der Waals surface area (Å²) in [4.78, 5) is 0. The van der Waals surface area contributed by atoms with E-state index in [9.17, 15) is 0 Å². The zero-order chi connectivity index (χ0) is 9.14. The molecule has 0 bridgehead atoms. The van der Waals surface area contributed by atoms with Gasteiger partial charge in [-0.25, -0.2) is 0 Å². The van der Waals surface area contributed by atoms with Crippen molar-refractivity contribution in [1.29, 1.82) is 0 Å². The molecular weight excluding hydrogens is 148 g/mol. The smallest absolute Gasteiger partial charge is 0.0900 e. The molecule has 0 radical (unpaired) electrons. The van der Waals surface area contributed by atoms with E-state index in [2.05, 4.69) is 11.7 Å². The van der Waals surface area contributed by atoms with Crippen LogP contribution >= 0.6 is 0 Å². The van der Waals surface area contributed by atoms with E-state index in [1.807, 2.05) is 39.2 Å². The number of hydrogen-bond acceptors (Lipinski definition) is 2. The van der Waals surface area contributed by atoms with Gasteiger partial charge in [-0.1, -0.05) is 18.7 Å². The minimum Gasteiger partial charge on any atom is -0.303 e. The van der Waals surface area contributed by atoms with Crippen molar-refractivity contribution in [2.45, 2.75) is 6.92 Å². The molecule has 0 fully saturated rings. The first-order valence-electron chi connectivity index (χ1n) is 3.91. The van der Waals surface area contributed by atoms with Crippen LogP contribution in [0.2, 0.25) is 0 Å². The van der Waals surface area contributed by atoms with Gasteiger partial charge in [0, 0.05) is 14.1 Å². The zero-order valence-corrected chi connectivity index (χ0v) is 7.83. The summed E-state index contributed by atoms with van der Waals surface area (Å²) in [7, 11) is 3.81. The summed E-state index contributed by atoms with van der Waals surface area (Å²) in [5.74, 6) is 0. The van der Waals surface area contributed by atoms with Crippen LogP contribution in [0.5, 0.6) is 0 Å². The second-order valence-corrected chi connectivity index (χ2v) is 3.08. The molecule has 0 atom stereocenters. The summed E-state index contributed by atoms with van der Waals surface area (Å²) in [6, 6.07) is 0. The number of hydrazone groups is 1. The molecule has 0 heterocycles. The van der Waals surface area contributed by atoms with Crippen molar-refractivity contribution in [3.8, 4) is 0 Å². The van der Waals surface area contributed by atoms with Gasteiger partial charge in [-0.15, -0.1) is 0 Å². The molecule has 0 unspecified atom stereocenters. The van der Waals surface area contributed by atoms with E-state index in [0.29, 0.717) is 0 Å². The fourth-order valence-electron chi connectivity index (χ4n) is 0.982. The van der Waals surface area contributed by atoms with E-state index in [1.54, 1.807) is 5.01 Å². The van der Waals surface area contributed by atoms with Gasteiger partial charge in [0.25, 0.3) is 0 Å². The molecule has 0 saturated carbocycles. The summed E-state index contributed by atoms with van der Waals surface area (Å²) in [6.45, 7) is 5.94. The average molecular weight is 162 g/mol. The molecule has 64 valence electrons. The maximum atomic E-state index is 4.29. The highest BCUT2D eigenvalue weighted by atomic mass is 15.4. The Kier molecular flexibility index (Phi) is 2.48. The Morgan fingerprint density at radius 3 is 2.58 bits per heavy atom. The molecule has 0 aromatic heterocycles. The van der Waals surface area contributed by atoms with Crippen LogP contribution in [-0.4, -0.2) is 24.8 Å². The van der Waals surface area contributed by atoms with Crippen LogP contribution in [-0.2, 0) is 0 Å². The summed E-state index contributed by atoms with van der Waals surface area (Å²) < 4.78 is 0. The highest BCUT2D eigenvalue weighted by Gasteiger charge is 2.03. The predicted octanol–water partition coefficient (Wildman–Crippen LogP) is 1.98. The van der Waals surface area contributed by atoms with Crippen molar-refractivity contribution in [2.75, 3.05) is 14.1 Å². The lowest BCUT2D eigenvalue weighted by atomic mass is 10.0. The molecule has 12 heavy (non-hydrogen) atoms. The van der Waals surface area contributed by atoms with E-state index in [0.717, 1.165) is 11.3 Å². The molecule has 0 aromatic carbocycles. The van der Waals surface area contributed by atoms with Gasteiger partial charge in [0.2, 0.25) is 0 Å².